The van der Waals surface area contributed by atoms with Crippen LogP contribution in [0.1, 0.15) is 46.8 Å². The van der Waals surface area contributed by atoms with E-state index in [1.54, 1.807) is 24.3 Å². The summed E-state index contributed by atoms with van der Waals surface area (Å²) in [6, 6.07) is 8.62. The van der Waals surface area contributed by atoms with Crippen molar-refractivity contribution in [3.8, 4) is 0 Å². The van der Waals surface area contributed by atoms with Crippen LogP contribution in [0.3, 0.4) is 0 Å². The number of benzene rings is 1. The number of carbonyl (C=O) groups is 3. The Bertz CT molecular complexity index is 873. The summed E-state index contributed by atoms with van der Waals surface area (Å²) in [5, 5.41) is 5.32. The van der Waals surface area contributed by atoms with E-state index in [4.69, 9.17) is 4.74 Å². The van der Waals surface area contributed by atoms with Gasteiger partial charge in [-0.2, -0.15) is 0 Å². The van der Waals surface area contributed by atoms with Gasteiger partial charge < -0.3 is 15.4 Å². The third kappa shape index (κ3) is 5.19. The smallest absolute Gasteiger partial charge is 0.348 e. The van der Waals surface area contributed by atoms with E-state index in [1.165, 1.54) is 35.1 Å². The minimum Gasteiger partial charge on any atom is -0.451 e. The lowest BCUT2D eigenvalue weighted by atomic mass is 9.87. The highest BCUT2D eigenvalue weighted by molar-refractivity contribution is 7.14. The van der Waals surface area contributed by atoms with Crippen LogP contribution in [0.4, 0.5) is 11.4 Å². The Morgan fingerprint density at radius 2 is 1.82 bits per heavy atom. The number of fused-ring (bicyclic) bond motifs is 1. The lowest BCUT2D eigenvalue weighted by Crippen LogP contribution is -2.20. The number of anilines is 2. The SMILES string of the molecule is CC[C@@H]1CCc2sc(C(=O)OCC(=O)Nc3ccc(NC(C)=O)cc3)cc2C1. The molecule has 0 bridgehead atoms. The molecule has 7 heteroatoms. The summed E-state index contributed by atoms with van der Waals surface area (Å²) in [5.74, 6) is -0.338. The Balaban J connectivity index is 1.50. The summed E-state index contributed by atoms with van der Waals surface area (Å²) >= 11 is 1.48. The number of thiophene rings is 1. The molecule has 0 unspecified atom stereocenters. The fourth-order valence-corrected chi connectivity index (χ4v) is 4.39. The zero-order chi connectivity index (χ0) is 20.1. The summed E-state index contributed by atoms with van der Waals surface area (Å²) in [7, 11) is 0. The highest BCUT2D eigenvalue weighted by Crippen LogP contribution is 2.33. The predicted molar refractivity (Wildman–Crippen MR) is 110 cm³/mol. The topological polar surface area (TPSA) is 84.5 Å². The van der Waals surface area contributed by atoms with Crippen LogP contribution in [0.15, 0.2) is 30.3 Å². The first-order chi connectivity index (χ1) is 13.4. The maximum atomic E-state index is 12.3. The van der Waals surface area contributed by atoms with Crippen molar-refractivity contribution in [2.45, 2.75) is 39.5 Å². The average molecular weight is 401 g/mol. The van der Waals surface area contributed by atoms with Crippen molar-refractivity contribution < 1.29 is 19.1 Å². The Hall–Kier alpha value is -2.67. The summed E-state index contributed by atoms with van der Waals surface area (Å²) < 4.78 is 5.17. The third-order valence-electron chi connectivity index (χ3n) is 4.79. The van der Waals surface area contributed by atoms with Crippen molar-refractivity contribution in [2.24, 2.45) is 5.92 Å². The molecule has 3 rings (SSSR count). The van der Waals surface area contributed by atoms with E-state index in [1.807, 2.05) is 6.07 Å². The molecule has 0 aliphatic heterocycles. The lowest BCUT2D eigenvalue weighted by Gasteiger charge is -2.19. The molecular formula is C21H24N2O4S. The molecule has 1 aliphatic carbocycles. The molecule has 0 spiro atoms. The molecule has 1 atom stereocenters. The molecule has 6 nitrogen and oxygen atoms in total. The number of aryl methyl sites for hydroxylation is 1. The molecule has 28 heavy (non-hydrogen) atoms. The zero-order valence-electron chi connectivity index (χ0n) is 16.0. The van der Waals surface area contributed by atoms with E-state index in [0.717, 1.165) is 19.3 Å². The van der Waals surface area contributed by atoms with E-state index in [-0.39, 0.29) is 12.5 Å². The molecule has 2 N–H and O–H groups in total. The van der Waals surface area contributed by atoms with Crippen LogP contribution in [-0.2, 0) is 27.2 Å². The molecular weight excluding hydrogens is 376 g/mol. The maximum absolute atomic E-state index is 12.3. The molecule has 1 aromatic heterocycles. The third-order valence-corrected chi connectivity index (χ3v) is 6.00. The predicted octanol–water partition coefficient (Wildman–Crippen LogP) is 4.02. The number of hydrogen-bond donors (Lipinski definition) is 2. The van der Waals surface area contributed by atoms with Crippen LogP contribution < -0.4 is 10.6 Å². The lowest BCUT2D eigenvalue weighted by molar-refractivity contribution is -0.119. The Morgan fingerprint density at radius 1 is 1.14 bits per heavy atom. The van der Waals surface area contributed by atoms with Gasteiger partial charge in [0, 0.05) is 23.2 Å². The minimum atomic E-state index is -0.455. The zero-order valence-corrected chi connectivity index (χ0v) is 16.9. The summed E-state index contributed by atoms with van der Waals surface area (Å²) in [5.41, 5.74) is 2.45. The number of esters is 1. The van der Waals surface area contributed by atoms with Crippen molar-refractivity contribution in [3.63, 3.8) is 0 Å². The summed E-state index contributed by atoms with van der Waals surface area (Å²) in [4.78, 5) is 37.2. The van der Waals surface area contributed by atoms with Gasteiger partial charge >= 0.3 is 5.97 Å². The van der Waals surface area contributed by atoms with Crippen LogP contribution in [0.25, 0.3) is 0 Å². The number of rotatable bonds is 6. The Morgan fingerprint density at radius 3 is 2.46 bits per heavy atom. The van der Waals surface area contributed by atoms with Gasteiger partial charge in [-0.3, -0.25) is 9.59 Å². The minimum absolute atomic E-state index is 0.163. The van der Waals surface area contributed by atoms with Crippen LogP contribution in [0.2, 0.25) is 0 Å². The van der Waals surface area contributed by atoms with E-state index in [9.17, 15) is 14.4 Å². The Kier molecular flexibility index (Phi) is 6.46. The number of carbonyl (C=O) groups excluding carboxylic acids is 3. The van der Waals surface area contributed by atoms with Gasteiger partial charge in [0.25, 0.3) is 5.91 Å². The Labute approximate surface area is 168 Å². The number of ether oxygens (including phenoxy) is 1. The second kappa shape index (κ2) is 9.01. The largest absolute Gasteiger partial charge is 0.451 e. The molecule has 0 fully saturated rings. The molecule has 1 aromatic carbocycles. The van der Waals surface area contributed by atoms with Crippen LogP contribution in [-0.4, -0.2) is 24.4 Å². The highest BCUT2D eigenvalue weighted by Gasteiger charge is 2.23. The van der Waals surface area contributed by atoms with Gasteiger partial charge in [-0.15, -0.1) is 11.3 Å². The molecule has 0 saturated carbocycles. The highest BCUT2D eigenvalue weighted by atomic mass is 32.1. The van der Waals surface area contributed by atoms with Crippen molar-refractivity contribution in [3.05, 3.63) is 45.6 Å². The van der Waals surface area contributed by atoms with Gasteiger partial charge in [0.15, 0.2) is 6.61 Å². The van der Waals surface area contributed by atoms with Crippen LogP contribution in [0, 0.1) is 5.92 Å². The first-order valence-electron chi connectivity index (χ1n) is 9.40. The van der Waals surface area contributed by atoms with Gasteiger partial charge in [-0.05, 0) is 61.1 Å². The van der Waals surface area contributed by atoms with Gasteiger partial charge in [-0.25, -0.2) is 4.79 Å². The van der Waals surface area contributed by atoms with E-state index in [2.05, 4.69) is 17.6 Å². The number of hydrogen-bond acceptors (Lipinski definition) is 5. The van der Waals surface area contributed by atoms with Crippen molar-refractivity contribution in [1.29, 1.82) is 0 Å². The second-order valence-electron chi connectivity index (χ2n) is 6.96. The number of amides is 2. The van der Waals surface area contributed by atoms with E-state index in [0.29, 0.717) is 22.2 Å². The monoisotopic (exact) mass is 400 g/mol. The average Bonchev–Trinajstić information content (AvgIpc) is 3.10. The molecule has 2 aromatic rings. The molecule has 1 heterocycles. The summed E-state index contributed by atoms with van der Waals surface area (Å²) in [6.07, 6.45) is 4.36. The molecule has 2 amide bonds. The van der Waals surface area contributed by atoms with Gasteiger partial charge in [0.1, 0.15) is 4.88 Å². The van der Waals surface area contributed by atoms with Gasteiger partial charge in [-0.1, -0.05) is 13.3 Å². The van der Waals surface area contributed by atoms with E-state index >= 15 is 0 Å². The first kappa shape index (κ1) is 20.1. The molecule has 148 valence electrons. The maximum Gasteiger partial charge on any atom is 0.348 e. The normalized spacial score (nSPS) is 15.4. The quantitative estimate of drug-likeness (QED) is 0.718. The second-order valence-corrected chi connectivity index (χ2v) is 8.10. The van der Waals surface area contributed by atoms with Gasteiger partial charge in [0.05, 0.1) is 0 Å². The fraction of sp³-hybridized carbons (Fsp3) is 0.381. The molecule has 0 saturated heterocycles. The summed E-state index contributed by atoms with van der Waals surface area (Å²) in [6.45, 7) is 3.28. The standard InChI is InChI=1S/C21H24N2O4S/c1-3-14-4-9-18-15(10-14)11-19(28-18)21(26)27-12-20(25)23-17-7-5-16(6-8-17)22-13(2)24/h5-8,11,14H,3-4,9-10,12H2,1-2H3,(H,22,24)(H,23,25)/t14-/m1/s1. The van der Waals surface area contributed by atoms with Crippen molar-refractivity contribution >= 4 is 40.5 Å². The van der Waals surface area contributed by atoms with Crippen LogP contribution in [0.5, 0.6) is 0 Å². The molecule has 1 aliphatic rings. The van der Waals surface area contributed by atoms with E-state index < -0.39 is 11.9 Å². The molecule has 0 radical (unpaired) electrons. The van der Waals surface area contributed by atoms with Crippen molar-refractivity contribution in [2.75, 3.05) is 17.2 Å². The fourth-order valence-electron chi connectivity index (χ4n) is 3.29. The van der Waals surface area contributed by atoms with Crippen LogP contribution >= 0.6 is 11.3 Å². The van der Waals surface area contributed by atoms with Crippen molar-refractivity contribution in [1.82, 2.24) is 0 Å². The van der Waals surface area contributed by atoms with Gasteiger partial charge in [0.2, 0.25) is 5.91 Å². The first-order valence-corrected chi connectivity index (χ1v) is 10.2. The number of nitrogens with one attached hydrogen (secondary N) is 2.